The third-order valence-electron chi connectivity index (χ3n) is 4.68. The van der Waals surface area contributed by atoms with Gasteiger partial charge in [-0.25, -0.2) is 0 Å². The molecule has 3 nitrogen and oxygen atoms in total. The van der Waals surface area contributed by atoms with Crippen LogP contribution < -0.4 is 5.73 Å². The standard InChI is InChI=1S/C16H25N3S/c1-11-9-14(12(2)20-11)15-10-18-16(17)19(15)13-7-5-3-4-6-8-13/h9,13,15H,3-8,10H2,1-2H3,(H2,17,18). The van der Waals surface area contributed by atoms with Gasteiger partial charge in [-0.2, -0.15) is 0 Å². The molecule has 1 aliphatic heterocycles. The van der Waals surface area contributed by atoms with Gasteiger partial charge in [-0.1, -0.05) is 25.7 Å². The minimum atomic E-state index is 0.378. The van der Waals surface area contributed by atoms with E-state index in [1.165, 1.54) is 53.8 Å². The summed E-state index contributed by atoms with van der Waals surface area (Å²) in [5.41, 5.74) is 7.67. The molecule has 2 aliphatic rings. The highest BCUT2D eigenvalue weighted by Gasteiger charge is 2.34. The van der Waals surface area contributed by atoms with Crippen molar-refractivity contribution in [2.75, 3.05) is 6.54 Å². The average molecular weight is 291 g/mol. The smallest absolute Gasteiger partial charge is 0.192 e. The molecule has 1 aliphatic carbocycles. The summed E-state index contributed by atoms with van der Waals surface area (Å²) in [7, 11) is 0. The van der Waals surface area contributed by atoms with Crippen LogP contribution in [0.1, 0.15) is 59.9 Å². The molecule has 1 atom stereocenters. The number of nitrogens with two attached hydrogens (primary N) is 1. The first-order chi connectivity index (χ1) is 9.66. The number of hydrogen-bond donors (Lipinski definition) is 1. The SMILES string of the molecule is Cc1cc(C2CN=C(N)N2C2CCCCCC2)c(C)s1. The minimum absolute atomic E-state index is 0.378. The predicted octanol–water partition coefficient (Wildman–Crippen LogP) is 3.76. The monoisotopic (exact) mass is 291 g/mol. The summed E-state index contributed by atoms with van der Waals surface area (Å²) in [6.45, 7) is 5.25. The molecular weight excluding hydrogens is 266 g/mol. The van der Waals surface area contributed by atoms with Gasteiger partial charge in [0.15, 0.2) is 5.96 Å². The number of aliphatic imine (C=N–C) groups is 1. The fourth-order valence-electron chi connectivity index (χ4n) is 3.72. The first-order valence-electron chi connectivity index (χ1n) is 7.82. The van der Waals surface area contributed by atoms with Crippen molar-refractivity contribution in [2.45, 2.75) is 64.5 Å². The molecule has 3 rings (SSSR count). The van der Waals surface area contributed by atoms with Crippen LogP contribution in [0.25, 0.3) is 0 Å². The van der Waals surface area contributed by atoms with Gasteiger partial charge >= 0.3 is 0 Å². The molecule has 0 radical (unpaired) electrons. The first kappa shape index (κ1) is 13.9. The van der Waals surface area contributed by atoms with Crippen molar-refractivity contribution in [3.05, 3.63) is 21.4 Å². The minimum Gasteiger partial charge on any atom is -0.370 e. The number of hydrogen-bond acceptors (Lipinski definition) is 4. The van der Waals surface area contributed by atoms with E-state index in [2.05, 4.69) is 29.8 Å². The first-order valence-corrected chi connectivity index (χ1v) is 8.63. The van der Waals surface area contributed by atoms with Crippen LogP contribution in [0.4, 0.5) is 0 Å². The van der Waals surface area contributed by atoms with Gasteiger partial charge in [0.05, 0.1) is 12.6 Å². The van der Waals surface area contributed by atoms with Crippen molar-refractivity contribution in [3.8, 4) is 0 Å². The highest BCUT2D eigenvalue weighted by molar-refractivity contribution is 7.12. The van der Waals surface area contributed by atoms with E-state index in [-0.39, 0.29) is 0 Å². The van der Waals surface area contributed by atoms with Crippen LogP contribution in [0.2, 0.25) is 0 Å². The van der Waals surface area contributed by atoms with Gasteiger partial charge in [-0.3, -0.25) is 4.99 Å². The summed E-state index contributed by atoms with van der Waals surface area (Å²) in [5.74, 6) is 0.769. The molecule has 1 aromatic heterocycles. The van der Waals surface area contributed by atoms with Crippen molar-refractivity contribution >= 4 is 17.3 Å². The van der Waals surface area contributed by atoms with E-state index in [0.29, 0.717) is 12.1 Å². The number of rotatable bonds is 2. The lowest BCUT2D eigenvalue weighted by molar-refractivity contribution is 0.237. The topological polar surface area (TPSA) is 41.6 Å². The Balaban J connectivity index is 1.85. The lowest BCUT2D eigenvalue weighted by Crippen LogP contribution is -2.43. The van der Waals surface area contributed by atoms with Crippen LogP contribution in [0.5, 0.6) is 0 Å². The summed E-state index contributed by atoms with van der Waals surface area (Å²) in [6, 6.07) is 3.30. The van der Waals surface area contributed by atoms with Gasteiger partial charge in [0, 0.05) is 15.8 Å². The zero-order chi connectivity index (χ0) is 14.1. The van der Waals surface area contributed by atoms with Gasteiger partial charge in [0.1, 0.15) is 0 Å². The van der Waals surface area contributed by atoms with Gasteiger partial charge < -0.3 is 10.6 Å². The molecule has 110 valence electrons. The quantitative estimate of drug-likeness (QED) is 0.843. The second-order valence-electron chi connectivity index (χ2n) is 6.14. The molecule has 0 bridgehead atoms. The summed E-state index contributed by atoms with van der Waals surface area (Å²) < 4.78 is 0. The van der Waals surface area contributed by atoms with E-state index >= 15 is 0 Å². The molecule has 1 fully saturated rings. The van der Waals surface area contributed by atoms with Crippen molar-refractivity contribution < 1.29 is 0 Å². The Morgan fingerprint density at radius 3 is 2.50 bits per heavy atom. The lowest BCUT2D eigenvalue weighted by Gasteiger charge is -2.34. The fourth-order valence-corrected chi connectivity index (χ4v) is 4.70. The van der Waals surface area contributed by atoms with Crippen LogP contribution in [0, 0.1) is 13.8 Å². The normalized spacial score (nSPS) is 24.8. The van der Waals surface area contributed by atoms with E-state index in [4.69, 9.17) is 5.73 Å². The highest BCUT2D eigenvalue weighted by atomic mass is 32.1. The number of aryl methyl sites for hydroxylation is 2. The molecule has 0 spiro atoms. The Morgan fingerprint density at radius 2 is 1.90 bits per heavy atom. The molecule has 1 unspecified atom stereocenters. The van der Waals surface area contributed by atoms with E-state index in [1.807, 2.05) is 11.3 Å². The molecule has 20 heavy (non-hydrogen) atoms. The number of guanidine groups is 1. The molecule has 0 saturated heterocycles. The lowest BCUT2D eigenvalue weighted by atomic mass is 10.0. The molecule has 2 N–H and O–H groups in total. The maximum Gasteiger partial charge on any atom is 0.192 e. The summed E-state index contributed by atoms with van der Waals surface area (Å²) in [4.78, 5) is 9.81. The second kappa shape index (κ2) is 5.76. The molecule has 4 heteroatoms. The van der Waals surface area contributed by atoms with Gasteiger partial charge in [0.25, 0.3) is 0 Å². The van der Waals surface area contributed by atoms with Crippen LogP contribution >= 0.6 is 11.3 Å². The summed E-state index contributed by atoms with van der Waals surface area (Å²) >= 11 is 1.89. The fraction of sp³-hybridized carbons (Fsp3) is 0.688. The maximum absolute atomic E-state index is 6.22. The Bertz CT molecular complexity index is 498. The predicted molar refractivity (Wildman–Crippen MR) is 86.4 cm³/mol. The number of nitrogens with zero attached hydrogens (tertiary/aromatic N) is 2. The van der Waals surface area contributed by atoms with E-state index < -0.39 is 0 Å². The molecule has 0 aromatic carbocycles. The van der Waals surface area contributed by atoms with Crippen LogP contribution in [-0.2, 0) is 0 Å². The van der Waals surface area contributed by atoms with Crippen molar-refractivity contribution in [2.24, 2.45) is 10.7 Å². The second-order valence-corrected chi connectivity index (χ2v) is 7.60. The maximum atomic E-state index is 6.22. The van der Waals surface area contributed by atoms with Crippen molar-refractivity contribution in [1.82, 2.24) is 4.90 Å². The Labute approximate surface area is 125 Å². The van der Waals surface area contributed by atoms with Gasteiger partial charge in [-0.05, 0) is 38.3 Å². The van der Waals surface area contributed by atoms with E-state index in [0.717, 1.165) is 12.5 Å². The Kier molecular flexibility index (Phi) is 4.01. The zero-order valence-corrected chi connectivity index (χ0v) is 13.4. The molecule has 0 amide bonds. The highest BCUT2D eigenvalue weighted by Crippen LogP contribution is 2.36. The number of thiophene rings is 1. The van der Waals surface area contributed by atoms with Gasteiger partial charge in [-0.15, -0.1) is 11.3 Å². The largest absolute Gasteiger partial charge is 0.370 e. The molecule has 2 heterocycles. The van der Waals surface area contributed by atoms with E-state index in [9.17, 15) is 0 Å². The van der Waals surface area contributed by atoms with Crippen LogP contribution in [-0.4, -0.2) is 23.4 Å². The third-order valence-corrected chi connectivity index (χ3v) is 5.66. The molecular formula is C16H25N3S. The Hall–Kier alpha value is -1.03. The Morgan fingerprint density at radius 1 is 1.20 bits per heavy atom. The molecule has 1 saturated carbocycles. The van der Waals surface area contributed by atoms with Crippen molar-refractivity contribution in [3.63, 3.8) is 0 Å². The van der Waals surface area contributed by atoms with Crippen LogP contribution in [0.3, 0.4) is 0 Å². The van der Waals surface area contributed by atoms with Gasteiger partial charge in [0.2, 0.25) is 0 Å². The zero-order valence-electron chi connectivity index (χ0n) is 12.6. The third kappa shape index (κ3) is 2.58. The summed E-state index contributed by atoms with van der Waals surface area (Å²) in [6.07, 6.45) is 7.97. The molecule has 1 aromatic rings. The van der Waals surface area contributed by atoms with Crippen LogP contribution in [0.15, 0.2) is 11.1 Å². The van der Waals surface area contributed by atoms with E-state index in [1.54, 1.807) is 0 Å². The average Bonchev–Trinajstić information content (AvgIpc) is 2.82. The van der Waals surface area contributed by atoms with Crippen molar-refractivity contribution in [1.29, 1.82) is 0 Å². The summed E-state index contributed by atoms with van der Waals surface area (Å²) in [5, 5.41) is 0.